The molecule has 0 aliphatic carbocycles. The van der Waals surface area contributed by atoms with Crippen molar-refractivity contribution < 1.29 is 9.53 Å². The van der Waals surface area contributed by atoms with Crippen LogP contribution in [0.4, 0.5) is 0 Å². The molecule has 0 N–H and O–H groups in total. The van der Waals surface area contributed by atoms with E-state index in [0.29, 0.717) is 11.3 Å². The van der Waals surface area contributed by atoms with E-state index >= 15 is 0 Å². The zero-order valence-electron chi connectivity index (χ0n) is 11.7. The smallest absolute Gasteiger partial charge is 0.160 e. The summed E-state index contributed by atoms with van der Waals surface area (Å²) in [7, 11) is 0. The highest BCUT2D eigenvalue weighted by Gasteiger charge is 2.09. The molecule has 3 nitrogen and oxygen atoms in total. The van der Waals surface area contributed by atoms with Crippen molar-refractivity contribution in [1.29, 1.82) is 0 Å². The van der Waals surface area contributed by atoms with Gasteiger partial charge in [-0.3, -0.25) is 9.78 Å². The number of ketones is 1. The van der Waals surface area contributed by atoms with Gasteiger partial charge < -0.3 is 4.74 Å². The van der Waals surface area contributed by atoms with Crippen molar-refractivity contribution in [3.63, 3.8) is 0 Å². The number of benzene rings is 1. The lowest BCUT2D eigenvalue weighted by Gasteiger charge is -2.11. The Morgan fingerprint density at radius 2 is 2.05 bits per heavy atom. The first-order valence-electron chi connectivity index (χ1n) is 6.46. The predicted molar refractivity (Wildman–Crippen MR) is 82.6 cm³/mol. The Bertz CT molecular complexity index is 653. The number of halogens is 1. The third-order valence-electron chi connectivity index (χ3n) is 2.95. The van der Waals surface area contributed by atoms with E-state index in [1.54, 1.807) is 25.1 Å². The molecule has 1 aromatic heterocycles. The van der Waals surface area contributed by atoms with Gasteiger partial charge in [-0.2, -0.15) is 0 Å². The maximum atomic E-state index is 11.4. The standard InChI is InChI=1S/C16H16BrNO2/c1-4-15-16(8-5-10(2)18-15)20-12-6-7-13(11(3)19)14(17)9-12/h5-9H,4H2,1-3H3. The number of carbonyl (C=O) groups excluding carboxylic acids is 1. The van der Waals surface area contributed by atoms with Crippen molar-refractivity contribution >= 4 is 21.7 Å². The number of carbonyl (C=O) groups is 1. The SMILES string of the molecule is CCc1nc(C)ccc1Oc1ccc(C(C)=O)c(Br)c1. The fourth-order valence-electron chi connectivity index (χ4n) is 1.92. The van der Waals surface area contributed by atoms with E-state index in [1.165, 1.54) is 0 Å². The first kappa shape index (κ1) is 14.7. The summed E-state index contributed by atoms with van der Waals surface area (Å²) in [6.45, 7) is 5.55. The first-order chi connectivity index (χ1) is 9.51. The van der Waals surface area contributed by atoms with Gasteiger partial charge in [0, 0.05) is 15.7 Å². The Kier molecular flexibility index (Phi) is 4.55. The van der Waals surface area contributed by atoms with E-state index in [-0.39, 0.29) is 5.78 Å². The molecule has 0 bridgehead atoms. The van der Waals surface area contributed by atoms with E-state index in [2.05, 4.69) is 20.9 Å². The molecule has 104 valence electrons. The summed E-state index contributed by atoms with van der Waals surface area (Å²) >= 11 is 3.39. The monoisotopic (exact) mass is 333 g/mol. The molecular weight excluding hydrogens is 318 g/mol. The highest BCUT2D eigenvalue weighted by atomic mass is 79.9. The van der Waals surface area contributed by atoms with Gasteiger partial charge >= 0.3 is 0 Å². The van der Waals surface area contributed by atoms with Crippen LogP contribution in [-0.4, -0.2) is 10.8 Å². The van der Waals surface area contributed by atoms with Crippen molar-refractivity contribution in [2.24, 2.45) is 0 Å². The third kappa shape index (κ3) is 3.25. The quantitative estimate of drug-likeness (QED) is 0.760. The Morgan fingerprint density at radius 3 is 2.65 bits per heavy atom. The summed E-state index contributed by atoms with van der Waals surface area (Å²) in [4.78, 5) is 15.9. The van der Waals surface area contributed by atoms with Crippen molar-refractivity contribution in [2.45, 2.75) is 27.2 Å². The highest BCUT2D eigenvalue weighted by molar-refractivity contribution is 9.10. The van der Waals surface area contributed by atoms with Crippen LogP contribution in [0.3, 0.4) is 0 Å². The molecule has 0 aliphatic rings. The fourth-order valence-corrected chi connectivity index (χ4v) is 2.55. The molecule has 0 amide bonds. The third-order valence-corrected chi connectivity index (χ3v) is 3.61. The number of Topliss-reactive ketones (excluding diaryl/α,β-unsaturated/α-hetero) is 1. The number of nitrogens with zero attached hydrogens (tertiary/aromatic N) is 1. The molecule has 2 rings (SSSR count). The summed E-state index contributed by atoms with van der Waals surface area (Å²) in [5, 5.41) is 0. The number of hydrogen-bond donors (Lipinski definition) is 0. The molecule has 0 saturated heterocycles. The van der Waals surface area contributed by atoms with Gasteiger partial charge in [-0.05, 0) is 66.5 Å². The number of aryl methyl sites for hydroxylation is 2. The lowest BCUT2D eigenvalue weighted by molar-refractivity contribution is 0.101. The van der Waals surface area contributed by atoms with Gasteiger partial charge in [0.25, 0.3) is 0 Å². The minimum absolute atomic E-state index is 0.0228. The van der Waals surface area contributed by atoms with Crippen molar-refractivity contribution in [3.8, 4) is 11.5 Å². The van der Waals surface area contributed by atoms with Crippen molar-refractivity contribution in [2.75, 3.05) is 0 Å². The van der Waals surface area contributed by atoms with Crippen molar-refractivity contribution in [1.82, 2.24) is 4.98 Å². The van der Waals surface area contributed by atoms with E-state index < -0.39 is 0 Å². The Hall–Kier alpha value is -1.68. The van der Waals surface area contributed by atoms with Crippen LogP contribution in [0.25, 0.3) is 0 Å². The van der Waals surface area contributed by atoms with Gasteiger partial charge in [-0.15, -0.1) is 0 Å². The number of aromatic nitrogens is 1. The van der Waals surface area contributed by atoms with Gasteiger partial charge in [-0.1, -0.05) is 6.92 Å². The first-order valence-corrected chi connectivity index (χ1v) is 7.25. The minimum atomic E-state index is 0.0228. The van der Waals surface area contributed by atoms with Crippen LogP contribution in [0, 0.1) is 6.92 Å². The van der Waals surface area contributed by atoms with Crippen molar-refractivity contribution in [3.05, 3.63) is 51.8 Å². The van der Waals surface area contributed by atoms with Gasteiger partial charge in [0.1, 0.15) is 11.5 Å². The number of pyridine rings is 1. The Morgan fingerprint density at radius 1 is 1.30 bits per heavy atom. The molecule has 4 heteroatoms. The minimum Gasteiger partial charge on any atom is -0.455 e. The molecule has 1 aromatic carbocycles. The van der Waals surface area contributed by atoms with Crippen LogP contribution in [0.5, 0.6) is 11.5 Å². The second-order valence-corrected chi connectivity index (χ2v) is 5.41. The molecule has 0 unspecified atom stereocenters. The van der Waals surface area contributed by atoms with E-state index in [0.717, 1.165) is 28.0 Å². The van der Waals surface area contributed by atoms with Gasteiger partial charge in [-0.25, -0.2) is 0 Å². The molecule has 1 heterocycles. The lowest BCUT2D eigenvalue weighted by Crippen LogP contribution is -1.97. The normalized spacial score (nSPS) is 10.4. The molecule has 0 atom stereocenters. The van der Waals surface area contributed by atoms with Crippen LogP contribution >= 0.6 is 15.9 Å². The molecular formula is C16H16BrNO2. The van der Waals surface area contributed by atoms with E-state index in [1.807, 2.05) is 26.0 Å². The molecule has 2 aromatic rings. The second-order valence-electron chi connectivity index (χ2n) is 4.55. The predicted octanol–water partition coefficient (Wildman–Crippen LogP) is 4.71. The summed E-state index contributed by atoms with van der Waals surface area (Å²) in [5.41, 5.74) is 2.55. The molecule has 0 aliphatic heterocycles. The summed E-state index contributed by atoms with van der Waals surface area (Å²) < 4.78 is 6.60. The van der Waals surface area contributed by atoms with Crippen LogP contribution in [0.1, 0.15) is 35.6 Å². The Balaban J connectivity index is 2.31. The maximum Gasteiger partial charge on any atom is 0.160 e. The molecule has 0 saturated carbocycles. The Labute approximate surface area is 127 Å². The average Bonchev–Trinajstić information content (AvgIpc) is 2.40. The molecule has 0 fully saturated rings. The maximum absolute atomic E-state index is 11.4. The molecule has 0 radical (unpaired) electrons. The summed E-state index contributed by atoms with van der Waals surface area (Å²) in [5.74, 6) is 1.46. The topological polar surface area (TPSA) is 39.2 Å². The zero-order chi connectivity index (χ0) is 14.7. The van der Waals surface area contributed by atoms with Gasteiger partial charge in [0.2, 0.25) is 0 Å². The van der Waals surface area contributed by atoms with Gasteiger partial charge in [0.15, 0.2) is 5.78 Å². The van der Waals surface area contributed by atoms with Crippen LogP contribution in [0.2, 0.25) is 0 Å². The highest BCUT2D eigenvalue weighted by Crippen LogP contribution is 2.29. The van der Waals surface area contributed by atoms with Crippen LogP contribution < -0.4 is 4.74 Å². The largest absolute Gasteiger partial charge is 0.455 e. The van der Waals surface area contributed by atoms with Gasteiger partial charge in [0.05, 0.1) is 5.69 Å². The lowest BCUT2D eigenvalue weighted by atomic mass is 10.1. The van der Waals surface area contributed by atoms with Crippen LogP contribution in [-0.2, 0) is 6.42 Å². The van der Waals surface area contributed by atoms with E-state index in [9.17, 15) is 4.79 Å². The van der Waals surface area contributed by atoms with Crippen LogP contribution in [0.15, 0.2) is 34.8 Å². The zero-order valence-corrected chi connectivity index (χ0v) is 13.3. The summed E-state index contributed by atoms with van der Waals surface area (Å²) in [6.07, 6.45) is 0.809. The number of hydrogen-bond acceptors (Lipinski definition) is 3. The average molecular weight is 334 g/mol. The summed E-state index contributed by atoms with van der Waals surface area (Å²) in [6, 6.07) is 9.20. The molecule has 0 spiro atoms. The molecule has 20 heavy (non-hydrogen) atoms. The fraction of sp³-hybridized carbons (Fsp3) is 0.250. The second kappa shape index (κ2) is 6.18. The van der Waals surface area contributed by atoms with E-state index in [4.69, 9.17) is 4.74 Å². The number of ether oxygens (including phenoxy) is 1. The number of rotatable bonds is 4.